The molecular formula is C21H22N2O6. The van der Waals surface area contributed by atoms with Crippen molar-refractivity contribution in [1.82, 2.24) is 4.90 Å². The van der Waals surface area contributed by atoms with Gasteiger partial charge in [0.25, 0.3) is 0 Å². The molecule has 0 bridgehead atoms. The van der Waals surface area contributed by atoms with Crippen molar-refractivity contribution >= 4 is 29.4 Å². The summed E-state index contributed by atoms with van der Waals surface area (Å²) in [6, 6.07) is 13.2. The lowest BCUT2D eigenvalue weighted by Gasteiger charge is -2.20. The maximum Gasteiger partial charge on any atom is 0.339 e. The van der Waals surface area contributed by atoms with Crippen LogP contribution in [0.5, 0.6) is 0 Å². The van der Waals surface area contributed by atoms with E-state index >= 15 is 0 Å². The molecule has 0 aliphatic carbocycles. The average molecular weight is 398 g/mol. The molecule has 0 heterocycles. The van der Waals surface area contributed by atoms with Crippen LogP contribution >= 0.6 is 0 Å². The Morgan fingerprint density at radius 1 is 0.931 bits per heavy atom. The van der Waals surface area contributed by atoms with Crippen molar-refractivity contribution < 1.29 is 28.7 Å². The summed E-state index contributed by atoms with van der Waals surface area (Å²) in [7, 11) is 2.40. The third kappa shape index (κ3) is 5.41. The fraction of sp³-hybridized carbons (Fsp3) is 0.238. The molecule has 0 spiro atoms. The Labute approximate surface area is 168 Å². The Bertz CT molecular complexity index is 911. The van der Waals surface area contributed by atoms with Gasteiger partial charge in [-0.1, -0.05) is 30.3 Å². The van der Waals surface area contributed by atoms with Crippen LogP contribution in [0.4, 0.5) is 5.69 Å². The van der Waals surface area contributed by atoms with Gasteiger partial charge in [0.2, 0.25) is 0 Å². The van der Waals surface area contributed by atoms with E-state index in [-0.39, 0.29) is 23.4 Å². The van der Waals surface area contributed by atoms with Gasteiger partial charge in [0.1, 0.15) is 0 Å². The number of methoxy groups -OCH3 is 2. The molecule has 8 nitrogen and oxygen atoms in total. The zero-order chi connectivity index (χ0) is 21.4. The molecule has 0 saturated heterocycles. The van der Waals surface area contributed by atoms with E-state index in [0.29, 0.717) is 6.54 Å². The smallest absolute Gasteiger partial charge is 0.339 e. The summed E-state index contributed by atoms with van der Waals surface area (Å²) < 4.78 is 9.34. The predicted molar refractivity (Wildman–Crippen MR) is 105 cm³/mol. The fourth-order valence-electron chi connectivity index (χ4n) is 2.63. The number of likely N-dealkylation sites (N-methyl/N-ethyl adjacent to an activating group) is 1. The van der Waals surface area contributed by atoms with Gasteiger partial charge in [-0.3, -0.25) is 9.59 Å². The lowest BCUT2D eigenvalue weighted by Crippen LogP contribution is -2.39. The maximum absolute atomic E-state index is 12.6. The number of amides is 2. The summed E-state index contributed by atoms with van der Waals surface area (Å²) in [6.45, 7) is 2.33. The van der Waals surface area contributed by atoms with Gasteiger partial charge in [0.15, 0.2) is 0 Å². The number of carbonyl (C=O) groups is 4. The minimum atomic E-state index is -0.935. The molecule has 2 rings (SSSR count). The number of anilines is 1. The van der Waals surface area contributed by atoms with E-state index in [4.69, 9.17) is 4.74 Å². The van der Waals surface area contributed by atoms with Crippen LogP contribution in [0.2, 0.25) is 0 Å². The van der Waals surface area contributed by atoms with E-state index < -0.39 is 23.8 Å². The zero-order valence-electron chi connectivity index (χ0n) is 16.4. The van der Waals surface area contributed by atoms with Gasteiger partial charge in [-0.2, -0.15) is 0 Å². The topological polar surface area (TPSA) is 102 Å². The van der Waals surface area contributed by atoms with E-state index in [0.717, 1.165) is 5.56 Å². The predicted octanol–water partition coefficient (Wildman–Crippen LogP) is 2.25. The molecule has 0 atom stereocenters. The molecule has 0 aliphatic heterocycles. The van der Waals surface area contributed by atoms with Gasteiger partial charge >= 0.3 is 23.8 Å². The first-order valence-corrected chi connectivity index (χ1v) is 8.86. The number of hydrogen-bond donors (Lipinski definition) is 1. The fourth-order valence-corrected chi connectivity index (χ4v) is 2.63. The number of hydrogen-bond acceptors (Lipinski definition) is 6. The molecule has 0 unspecified atom stereocenters. The Hall–Kier alpha value is -3.68. The summed E-state index contributed by atoms with van der Waals surface area (Å²) in [6.07, 6.45) is 0. The molecule has 29 heavy (non-hydrogen) atoms. The van der Waals surface area contributed by atoms with E-state index in [2.05, 4.69) is 10.1 Å². The summed E-state index contributed by atoms with van der Waals surface area (Å²) in [5.74, 6) is -3.08. The molecular weight excluding hydrogens is 376 g/mol. The first-order valence-electron chi connectivity index (χ1n) is 8.86. The van der Waals surface area contributed by atoms with Crippen LogP contribution in [-0.2, 0) is 25.6 Å². The SMILES string of the molecule is CCN(Cc1ccccc1)C(=O)C(=O)Nc1cc(C(=O)OC)ccc1C(=O)OC. The second-order valence-electron chi connectivity index (χ2n) is 6.00. The largest absolute Gasteiger partial charge is 0.465 e. The van der Waals surface area contributed by atoms with E-state index in [1.54, 1.807) is 6.92 Å². The Morgan fingerprint density at radius 2 is 1.59 bits per heavy atom. The van der Waals surface area contributed by atoms with Gasteiger partial charge in [-0.15, -0.1) is 0 Å². The highest BCUT2D eigenvalue weighted by atomic mass is 16.5. The Morgan fingerprint density at radius 3 is 2.17 bits per heavy atom. The number of esters is 2. The van der Waals surface area contributed by atoms with Crippen molar-refractivity contribution in [3.8, 4) is 0 Å². The second-order valence-corrected chi connectivity index (χ2v) is 6.00. The van der Waals surface area contributed by atoms with Crippen molar-refractivity contribution in [2.24, 2.45) is 0 Å². The van der Waals surface area contributed by atoms with Crippen molar-refractivity contribution in [3.63, 3.8) is 0 Å². The number of nitrogens with zero attached hydrogens (tertiary/aromatic N) is 1. The summed E-state index contributed by atoms with van der Waals surface area (Å²) in [5.41, 5.74) is 0.972. The molecule has 0 saturated carbocycles. The lowest BCUT2D eigenvalue weighted by atomic mass is 10.1. The van der Waals surface area contributed by atoms with Crippen molar-refractivity contribution in [3.05, 3.63) is 65.2 Å². The number of rotatable bonds is 6. The molecule has 8 heteroatoms. The third-order valence-corrected chi connectivity index (χ3v) is 4.17. The minimum absolute atomic E-state index is 0.00686. The molecule has 0 radical (unpaired) electrons. The number of nitrogens with one attached hydrogen (secondary N) is 1. The van der Waals surface area contributed by atoms with Crippen molar-refractivity contribution in [1.29, 1.82) is 0 Å². The molecule has 2 aromatic rings. The molecule has 0 fully saturated rings. The van der Waals surface area contributed by atoms with Gasteiger partial charge in [-0.05, 0) is 30.7 Å². The standard InChI is InChI=1S/C21H22N2O6/c1-4-23(13-14-8-6-5-7-9-14)19(25)18(24)22-17-12-15(20(26)28-2)10-11-16(17)21(27)29-3/h5-12H,4,13H2,1-3H3,(H,22,24). The van der Waals surface area contributed by atoms with Crippen LogP contribution in [0.1, 0.15) is 33.2 Å². The Kier molecular flexibility index (Phi) is 7.47. The number of benzene rings is 2. The molecule has 2 amide bonds. The highest BCUT2D eigenvalue weighted by Crippen LogP contribution is 2.20. The van der Waals surface area contributed by atoms with E-state index in [9.17, 15) is 19.2 Å². The summed E-state index contributed by atoms with van der Waals surface area (Å²) in [5, 5.41) is 2.41. The van der Waals surface area contributed by atoms with Crippen LogP contribution in [0.3, 0.4) is 0 Å². The molecule has 0 aromatic heterocycles. The van der Waals surface area contributed by atoms with Gasteiger partial charge in [-0.25, -0.2) is 9.59 Å². The van der Waals surface area contributed by atoms with Crippen LogP contribution < -0.4 is 5.32 Å². The first kappa shape index (κ1) is 21.6. The summed E-state index contributed by atoms with van der Waals surface area (Å²) >= 11 is 0. The normalized spacial score (nSPS) is 10.0. The van der Waals surface area contributed by atoms with E-state index in [1.807, 2.05) is 30.3 Å². The molecule has 2 aromatic carbocycles. The van der Waals surface area contributed by atoms with E-state index in [1.165, 1.54) is 37.3 Å². The zero-order valence-corrected chi connectivity index (χ0v) is 16.4. The highest BCUT2D eigenvalue weighted by molar-refractivity contribution is 6.39. The molecule has 152 valence electrons. The van der Waals surface area contributed by atoms with Gasteiger partial charge < -0.3 is 19.7 Å². The molecule has 1 N–H and O–H groups in total. The van der Waals surface area contributed by atoms with Crippen molar-refractivity contribution in [2.45, 2.75) is 13.5 Å². The van der Waals surface area contributed by atoms with Gasteiger partial charge in [0.05, 0.1) is 31.0 Å². The second kappa shape index (κ2) is 10.0. The van der Waals surface area contributed by atoms with Crippen LogP contribution in [0.15, 0.2) is 48.5 Å². The number of ether oxygens (including phenoxy) is 2. The van der Waals surface area contributed by atoms with Crippen molar-refractivity contribution in [2.75, 3.05) is 26.1 Å². The minimum Gasteiger partial charge on any atom is -0.465 e. The first-order chi connectivity index (χ1) is 13.9. The maximum atomic E-state index is 12.6. The monoisotopic (exact) mass is 398 g/mol. The quantitative estimate of drug-likeness (QED) is 0.591. The van der Waals surface area contributed by atoms with Gasteiger partial charge in [0, 0.05) is 13.1 Å². The number of carbonyl (C=O) groups excluding carboxylic acids is 4. The highest BCUT2D eigenvalue weighted by Gasteiger charge is 2.24. The summed E-state index contributed by atoms with van der Waals surface area (Å²) in [4.78, 5) is 50.3. The lowest BCUT2D eigenvalue weighted by molar-refractivity contribution is -0.143. The average Bonchev–Trinajstić information content (AvgIpc) is 2.76. The Balaban J connectivity index is 2.25. The van der Waals surface area contributed by atoms with Crippen LogP contribution in [0.25, 0.3) is 0 Å². The van der Waals surface area contributed by atoms with Crippen LogP contribution in [0, 0.1) is 0 Å². The molecule has 0 aliphatic rings. The van der Waals surface area contributed by atoms with Crippen LogP contribution in [-0.4, -0.2) is 49.4 Å². The third-order valence-electron chi connectivity index (χ3n) is 4.17.